The summed E-state index contributed by atoms with van der Waals surface area (Å²) >= 11 is 0. The fourth-order valence-electron chi connectivity index (χ4n) is 2.85. The topological polar surface area (TPSA) is 79.8 Å². The summed E-state index contributed by atoms with van der Waals surface area (Å²) in [5.41, 5.74) is 3.17. The van der Waals surface area contributed by atoms with E-state index in [1.165, 1.54) is 51.2 Å². The number of nitrogens with zero attached hydrogens (tertiary/aromatic N) is 1. The maximum atomic E-state index is 11.8. The third-order valence-corrected chi connectivity index (χ3v) is 4.49. The molecule has 0 spiro atoms. The van der Waals surface area contributed by atoms with Crippen LogP contribution in [-0.4, -0.2) is 31.7 Å². The smallest absolute Gasteiger partial charge is 0.259 e. The molecule has 0 saturated heterocycles. The van der Waals surface area contributed by atoms with Gasteiger partial charge in [0.2, 0.25) is 5.91 Å². The van der Waals surface area contributed by atoms with Gasteiger partial charge < -0.3 is 10.1 Å². The summed E-state index contributed by atoms with van der Waals surface area (Å²) in [7, 11) is 1.58. The molecule has 2 N–H and O–H groups in total. The van der Waals surface area contributed by atoms with Crippen LogP contribution in [0.2, 0.25) is 0 Å². The van der Waals surface area contributed by atoms with E-state index >= 15 is 0 Å². The number of hydrogen-bond acceptors (Lipinski definition) is 4. The molecule has 1 aromatic carbocycles. The van der Waals surface area contributed by atoms with E-state index in [0.29, 0.717) is 12.2 Å². The lowest BCUT2D eigenvalue weighted by Gasteiger charge is -2.05. The number of carbonyl (C=O) groups excluding carboxylic acids is 2. The second-order valence-corrected chi connectivity index (χ2v) is 6.89. The Hall–Kier alpha value is -2.37. The minimum Gasteiger partial charge on any atom is -0.496 e. The molecule has 2 amide bonds. The molecule has 0 aliphatic carbocycles. The average Bonchev–Trinajstić information content (AvgIpc) is 2.71. The summed E-state index contributed by atoms with van der Waals surface area (Å²) in [6.45, 7) is 2.16. The first-order chi connectivity index (χ1) is 13.7. The van der Waals surface area contributed by atoms with Crippen LogP contribution in [0, 0.1) is 0 Å². The summed E-state index contributed by atoms with van der Waals surface area (Å²) in [6, 6.07) is 7.37. The normalized spacial score (nSPS) is 10.8. The van der Waals surface area contributed by atoms with Gasteiger partial charge in [0.05, 0.1) is 19.9 Å². The van der Waals surface area contributed by atoms with Crippen molar-refractivity contribution < 1.29 is 14.3 Å². The first kappa shape index (κ1) is 23.7. The fraction of sp³-hybridized carbons (Fsp3) is 0.591. The summed E-state index contributed by atoms with van der Waals surface area (Å²) in [4.78, 5) is 23.5. The number of amides is 2. The molecular formula is C22H35N3O3. The molecule has 0 atom stereocenters. The lowest BCUT2D eigenvalue weighted by molar-refractivity contribution is -0.126. The molecule has 0 aliphatic heterocycles. The van der Waals surface area contributed by atoms with Crippen molar-refractivity contribution in [2.75, 3.05) is 13.7 Å². The zero-order chi connectivity index (χ0) is 20.5. The van der Waals surface area contributed by atoms with Gasteiger partial charge in [-0.2, -0.15) is 5.10 Å². The summed E-state index contributed by atoms with van der Waals surface area (Å²) in [6.07, 6.45) is 12.9. The van der Waals surface area contributed by atoms with Crippen molar-refractivity contribution in [1.82, 2.24) is 10.7 Å². The number of hydrazone groups is 1. The van der Waals surface area contributed by atoms with Gasteiger partial charge in [-0.3, -0.25) is 9.59 Å². The van der Waals surface area contributed by atoms with Gasteiger partial charge in [-0.1, -0.05) is 70.4 Å². The first-order valence-electron chi connectivity index (χ1n) is 10.4. The Labute approximate surface area is 169 Å². The van der Waals surface area contributed by atoms with E-state index in [1.807, 2.05) is 24.3 Å². The van der Waals surface area contributed by atoms with Gasteiger partial charge in [0.15, 0.2) is 0 Å². The van der Waals surface area contributed by atoms with Crippen molar-refractivity contribution in [3.05, 3.63) is 29.8 Å². The van der Waals surface area contributed by atoms with Crippen molar-refractivity contribution in [2.45, 2.75) is 71.1 Å². The van der Waals surface area contributed by atoms with E-state index in [0.717, 1.165) is 18.4 Å². The van der Waals surface area contributed by atoms with Crippen LogP contribution in [0.4, 0.5) is 0 Å². The molecule has 6 nitrogen and oxygen atoms in total. The molecule has 0 aromatic heterocycles. The molecule has 156 valence electrons. The number of unbranched alkanes of at least 4 members (excludes halogenated alkanes) is 8. The van der Waals surface area contributed by atoms with Crippen molar-refractivity contribution in [3.8, 4) is 5.75 Å². The molecule has 0 saturated carbocycles. The highest BCUT2D eigenvalue weighted by atomic mass is 16.5. The molecule has 0 bridgehead atoms. The maximum Gasteiger partial charge on any atom is 0.259 e. The Morgan fingerprint density at radius 3 is 2.29 bits per heavy atom. The predicted molar refractivity (Wildman–Crippen MR) is 114 cm³/mol. The van der Waals surface area contributed by atoms with Crippen molar-refractivity contribution in [1.29, 1.82) is 0 Å². The third kappa shape index (κ3) is 11.4. The first-order valence-corrected chi connectivity index (χ1v) is 10.4. The van der Waals surface area contributed by atoms with Crippen molar-refractivity contribution in [3.63, 3.8) is 0 Å². The maximum absolute atomic E-state index is 11.8. The van der Waals surface area contributed by atoms with Gasteiger partial charge in [0.1, 0.15) is 5.75 Å². The second-order valence-electron chi connectivity index (χ2n) is 6.89. The lowest BCUT2D eigenvalue weighted by Crippen LogP contribution is -2.34. The van der Waals surface area contributed by atoms with E-state index in [2.05, 4.69) is 22.8 Å². The Kier molecular flexibility index (Phi) is 13.2. The average molecular weight is 390 g/mol. The molecule has 0 aliphatic rings. The number of hydrogen-bond donors (Lipinski definition) is 2. The van der Waals surface area contributed by atoms with Crippen LogP contribution in [0.5, 0.6) is 5.75 Å². The fourth-order valence-corrected chi connectivity index (χ4v) is 2.85. The Bertz CT molecular complexity index is 602. The van der Waals surface area contributed by atoms with Crippen LogP contribution in [0.25, 0.3) is 0 Å². The van der Waals surface area contributed by atoms with Gasteiger partial charge in [-0.05, 0) is 18.6 Å². The van der Waals surface area contributed by atoms with Gasteiger partial charge >= 0.3 is 0 Å². The Morgan fingerprint density at radius 2 is 1.61 bits per heavy atom. The van der Waals surface area contributed by atoms with E-state index < -0.39 is 0 Å². The molecule has 0 unspecified atom stereocenters. The second kappa shape index (κ2) is 15.7. The Morgan fingerprint density at radius 1 is 0.964 bits per heavy atom. The number of benzene rings is 1. The summed E-state index contributed by atoms with van der Waals surface area (Å²) < 4.78 is 5.20. The highest BCUT2D eigenvalue weighted by Gasteiger charge is 2.05. The summed E-state index contributed by atoms with van der Waals surface area (Å²) in [5, 5.41) is 6.52. The monoisotopic (exact) mass is 389 g/mol. The van der Waals surface area contributed by atoms with Crippen LogP contribution in [-0.2, 0) is 9.59 Å². The number of ether oxygens (including phenoxy) is 1. The molecule has 6 heteroatoms. The highest BCUT2D eigenvalue weighted by molar-refractivity contribution is 5.87. The van der Waals surface area contributed by atoms with E-state index in [4.69, 9.17) is 4.74 Å². The van der Waals surface area contributed by atoms with Gasteiger partial charge in [0.25, 0.3) is 5.91 Å². The number of methoxy groups -OCH3 is 1. The molecule has 0 fully saturated rings. The zero-order valence-corrected chi connectivity index (χ0v) is 17.3. The van der Waals surface area contributed by atoms with Crippen LogP contribution in [0.1, 0.15) is 76.7 Å². The number of nitrogens with one attached hydrogen (secondary N) is 2. The highest BCUT2D eigenvalue weighted by Crippen LogP contribution is 2.14. The van der Waals surface area contributed by atoms with Gasteiger partial charge in [-0.15, -0.1) is 0 Å². The van der Waals surface area contributed by atoms with Crippen LogP contribution < -0.4 is 15.5 Å². The van der Waals surface area contributed by atoms with E-state index in [-0.39, 0.29) is 18.4 Å². The van der Waals surface area contributed by atoms with Crippen molar-refractivity contribution >= 4 is 18.0 Å². The molecule has 28 heavy (non-hydrogen) atoms. The standard InChI is InChI=1S/C22H35N3O3/c1-3-4-5-6-7-8-9-10-11-16-21(26)23-18-22(27)25-24-17-19-14-12-13-15-20(19)28-2/h12-15,17H,3-11,16,18H2,1-2H3,(H,23,26)(H,25,27). The van der Waals surface area contributed by atoms with Crippen molar-refractivity contribution in [2.24, 2.45) is 5.10 Å². The van der Waals surface area contributed by atoms with E-state index in [1.54, 1.807) is 7.11 Å². The summed E-state index contributed by atoms with van der Waals surface area (Å²) in [5.74, 6) is 0.230. The van der Waals surface area contributed by atoms with Gasteiger partial charge in [0, 0.05) is 12.0 Å². The van der Waals surface area contributed by atoms with E-state index in [9.17, 15) is 9.59 Å². The number of para-hydroxylation sites is 1. The lowest BCUT2D eigenvalue weighted by atomic mass is 10.1. The zero-order valence-electron chi connectivity index (χ0n) is 17.3. The minimum atomic E-state index is -0.355. The third-order valence-electron chi connectivity index (χ3n) is 4.49. The largest absolute Gasteiger partial charge is 0.496 e. The predicted octanol–water partition coefficient (Wildman–Crippen LogP) is 4.18. The van der Waals surface area contributed by atoms with Crippen LogP contribution in [0.15, 0.2) is 29.4 Å². The molecule has 1 aromatic rings. The van der Waals surface area contributed by atoms with Crippen LogP contribution in [0.3, 0.4) is 0 Å². The molecule has 1 rings (SSSR count). The minimum absolute atomic E-state index is 0.0699. The Balaban J connectivity index is 2.07. The quantitative estimate of drug-likeness (QED) is 0.268. The number of carbonyl (C=O) groups is 2. The molecular weight excluding hydrogens is 354 g/mol. The molecule has 0 radical (unpaired) electrons. The number of rotatable bonds is 15. The molecule has 0 heterocycles. The van der Waals surface area contributed by atoms with Crippen LogP contribution >= 0.6 is 0 Å². The SMILES string of the molecule is CCCCCCCCCCCC(=O)NCC(=O)NN=Cc1ccccc1OC. The van der Waals surface area contributed by atoms with Gasteiger partial charge in [-0.25, -0.2) is 5.43 Å².